The van der Waals surface area contributed by atoms with Crippen LogP contribution in [0.5, 0.6) is 0 Å². The van der Waals surface area contributed by atoms with Gasteiger partial charge in [-0.25, -0.2) is 17.6 Å². The van der Waals surface area contributed by atoms with Gasteiger partial charge in [-0.05, 0) is 46.5 Å². The van der Waals surface area contributed by atoms with Gasteiger partial charge in [0.1, 0.15) is 28.8 Å². The number of halogens is 7. The summed E-state index contributed by atoms with van der Waals surface area (Å²) >= 11 is 0. The molecule has 4 rings (SSSR count). The molecule has 162 valence electrons. The molecule has 0 heterocycles. The van der Waals surface area contributed by atoms with E-state index in [1.807, 2.05) is 30.3 Å². The van der Waals surface area contributed by atoms with Crippen LogP contribution in [0.15, 0.2) is 78.9 Å². The van der Waals surface area contributed by atoms with Crippen LogP contribution in [-0.4, -0.2) is 0 Å². The van der Waals surface area contributed by atoms with E-state index in [0.29, 0.717) is 17.7 Å². The van der Waals surface area contributed by atoms with Gasteiger partial charge in [-0.3, -0.25) is 0 Å². The van der Waals surface area contributed by atoms with Gasteiger partial charge in [0.25, 0.3) is 0 Å². The molecule has 0 saturated heterocycles. The van der Waals surface area contributed by atoms with Crippen LogP contribution in [0.25, 0.3) is 33.4 Å². The molecule has 0 saturated carbocycles. The minimum atomic E-state index is -5.22. The highest BCUT2D eigenvalue weighted by atomic mass is 19.4. The standard InChI is InChI=1S/C25H13F7/c26-20-10-15(14-4-2-1-3-5-14)6-8-18(20)16-7-9-19(21(27)11-16)17-12-22(28)24(23(29)13-17)25(30,31)32/h1-13H. The maximum Gasteiger partial charge on any atom is 0.422 e. The Labute approximate surface area is 178 Å². The highest BCUT2D eigenvalue weighted by Gasteiger charge is 2.38. The summed E-state index contributed by atoms with van der Waals surface area (Å²) in [5, 5.41) is 0. The molecule has 0 aliphatic carbocycles. The zero-order valence-electron chi connectivity index (χ0n) is 16.2. The van der Waals surface area contributed by atoms with E-state index in [9.17, 15) is 30.7 Å². The number of alkyl halides is 3. The summed E-state index contributed by atoms with van der Waals surface area (Å²) in [6.07, 6.45) is -5.22. The fourth-order valence-corrected chi connectivity index (χ4v) is 3.48. The Kier molecular flexibility index (Phi) is 5.50. The summed E-state index contributed by atoms with van der Waals surface area (Å²) < 4.78 is 95.4. The van der Waals surface area contributed by atoms with Crippen molar-refractivity contribution in [1.29, 1.82) is 0 Å². The summed E-state index contributed by atoms with van der Waals surface area (Å²) in [5.74, 6) is -5.27. The van der Waals surface area contributed by atoms with Crippen molar-refractivity contribution in [3.63, 3.8) is 0 Å². The topological polar surface area (TPSA) is 0 Å². The van der Waals surface area contributed by atoms with Crippen LogP contribution < -0.4 is 0 Å². The second-order valence-electron chi connectivity index (χ2n) is 7.07. The summed E-state index contributed by atoms with van der Waals surface area (Å²) in [4.78, 5) is 0. The van der Waals surface area contributed by atoms with E-state index in [0.717, 1.165) is 17.7 Å². The molecule has 4 aromatic carbocycles. The van der Waals surface area contributed by atoms with Crippen molar-refractivity contribution >= 4 is 0 Å². The Morgan fingerprint density at radius 2 is 0.906 bits per heavy atom. The Balaban J connectivity index is 1.71. The Morgan fingerprint density at radius 1 is 0.438 bits per heavy atom. The van der Waals surface area contributed by atoms with Crippen molar-refractivity contribution in [2.75, 3.05) is 0 Å². The molecular formula is C25H13F7. The van der Waals surface area contributed by atoms with Crippen LogP contribution in [0.1, 0.15) is 5.56 Å². The van der Waals surface area contributed by atoms with Crippen molar-refractivity contribution in [1.82, 2.24) is 0 Å². The largest absolute Gasteiger partial charge is 0.422 e. The highest BCUT2D eigenvalue weighted by Crippen LogP contribution is 2.37. The van der Waals surface area contributed by atoms with E-state index in [2.05, 4.69) is 0 Å². The number of hydrogen-bond acceptors (Lipinski definition) is 0. The molecular weight excluding hydrogens is 433 g/mol. The van der Waals surface area contributed by atoms with Gasteiger partial charge in [-0.1, -0.05) is 54.6 Å². The second kappa shape index (κ2) is 8.15. The molecule has 0 spiro atoms. The third kappa shape index (κ3) is 4.10. The maximum atomic E-state index is 14.7. The quantitative estimate of drug-likeness (QED) is 0.278. The average Bonchev–Trinajstić information content (AvgIpc) is 2.72. The summed E-state index contributed by atoms with van der Waals surface area (Å²) in [6.45, 7) is 0. The van der Waals surface area contributed by atoms with Crippen molar-refractivity contribution < 1.29 is 30.7 Å². The van der Waals surface area contributed by atoms with Crippen LogP contribution in [0.2, 0.25) is 0 Å². The van der Waals surface area contributed by atoms with E-state index in [1.165, 1.54) is 18.2 Å². The van der Waals surface area contributed by atoms with Gasteiger partial charge in [-0.15, -0.1) is 0 Å². The van der Waals surface area contributed by atoms with E-state index in [4.69, 9.17) is 0 Å². The lowest BCUT2D eigenvalue weighted by atomic mass is 9.96. The van der Waals surface area contributed by atoms with Crippen molar-refractivity contribution in [3.8, 4) is 33.4 Å². The van der Waals surface area contributed by atoms with Crippen LogP contribution >= 0.6 is 0 Å². The average molecular weight is 446 g/mol. The molecule has 0 bridgehead atoms. The van der Waals surface area contributed by atoms with E-state index in [-0.39, 0.29) is 16.7 Å². The first kappa shape index (κ1) is 21.6. The first-order valence-electron chi connectivity index (χ1n) is 9.36. The number of hydrogen-bond donors (Lipinski definition) is 0. The summed E-state index contributed by atoms with van der Waals surface area (Å²) in [7, 11) is 0. The maximum absolute atomic E-state index is 14.7. The normalized spacial score (nSPS) is 11.6. The lowest BCUT2D eigenvalue weighted by Gasteiger charge is -2.12. The summed E-state index contributed by atoms with van der Waals surface area (Å²) in [5.41, 5.74) is -1.08. The predicted octanol–water partition coefficient (Wildman–Crippen LogP) is 8.26. The van der Waals surface area contributed by atoms with Crippen LogP contribution in [-0.2, 0) is 6.18 Å². The van der Waals surface area contributed by atoms with Crippen molar-refractivity contribution in [3.05, 3.63) is 108 Å². The number of benzene rings is 4. The molecule has 0 radical (unpaired) electrons. The smallest absolute Gasteiger partial charge is 0.206 e. The van der Waals surface area contributed by atoms with Gasteiger partial charge in [0.2, 0.25) is 0 Å². The van der Waals surface area contributed by atoms with Gasteiger partial charge < -0.3 is 0 Å². The second-order valence-corrected chi connectivity index (χ2v) is 7.07. The lowest BCUT2D eigenvalue weighted by molar-refractivity contribution is -0.142. The first-order valence-corrected chi connectivity index (χ1v) is 9.36. The van der Waals surface area contributed by atoms with Gasteiger partial charge >= 0.3 is 6.18 Å². The van der Waals surface area contributed by atoms with Crippen molar-refractivity contribution in [2.24, 2.45) is 0 Å². The Hall–Kier alpha value is -3.61. The van der Waals surface area contributed by atoms with Crippen molar-refractivity contribution in [2.45, 2.75) is 6.18 Å². The van der Waals surface area contributed by atoms with Crippen LogP contribution in [0, 0.1) is 23.3 Å². The summed E-state index contributed by atoms with van der Waals surface area (Å²) in [6, 6.07) is 17.8. The molecule has 7 heteroatoms. The lowest BCUT2D eigenvalue weighted by Crippen LogP contribution is -2.11. The molecule has 0 fully saturated rings. The Morgan fingerprint density at radius 3 is 1.44 bits per heavy atom. The molecule has 0 atom stereocenters. The van der Waals surface area contributed by atoms with E-state index >= 15 is 0 Å². The SMILES string of the molecule is Fc1cc(-c2ccccc2)ccc1-c1ccc(-c2cc(F)c(C(F)(F)F)c(F)c2)c(F)c1. The third-order valence-corrected chi connectivity index (χ3v) is 4.99. The third-order valence-electron chi connectivity index (χ3n) is 4.99. The molecule has 0 unspecified atom stereocenters. The van der Waals surface area contributed by atoms with Crippen LogP contribution in [0.3, 0.4) is 0 Å². The molecule has 0 amide bonds. The Bertz CT molecular complexity index is 1270. The zero-order chi connectivity index (χ0) is 23.0. The van der Waals surface area contributed by atoms with Gasteiger partial charge in [-0.2, -0.15) is 13.2 Å². The minimum Gasteiger partial charge on any atom is -0.206 e. The zero-order valence-corrected chi connectivity index (χ0v) is 16.2. The molecule has 32 heavy (non-hydrogen) atoms. The molecule has 0 N–H and O–H groups in total. The predicted molar refractivity (Wildman–Crippen MR) is 108 cm³/mol. The molecule has 0 aliphatic rings. The first-order chi connectivity index (χ1) is 15.1. The van der Waals surface area contributed by atoms with Crippen LogP contribution in [0.4, 0.5) is 30.7 Å². The van der Waals surface area contributed by atoms with Gasteiger partial charge in [0.15, 0.2) is 0 Å². The van der Waals surface area contributed by atoms with E-state index in [1.54, 1.807) is 6.07 Å². The number of rotatable bonds is 3. The van der Waals surface area contributed by atoms with Gasteiger partial charge in [0.05, 0.1) is 0 Å². The molecule has 0 nitrogen and oxygen atoms in total. The van der Waals surface area contributed by atoms with E-state index < -0.39 is 40.6 Å². The monoisotopic (exact) mass is 446 g/mol. The minimum absolute atomic E-state index is 0.0971. The fourth-order valence-electron chi connectivity index (χ4n) is 3.48. The molecule has 4 aromatic rings. The van der Waals surface area contributed by atoms with Gasteiger partial charge in [0, 0.05) is 11.1 Å². The highest BCUT2D eigenvalue weighted by molar-refractivity contribution is 5.74. The molecule has 0 aromatic heterocycles. The fraction of sp³-hybridized carbons (Fsp3) is 0.0400. The molecule has 0 aliphatic heterocycles.